The highest BCUT2D eigenvalue weighted by atomic mass is 32.2. The maximum atomic E-state index is 16.0. The summed E-state index contributed by atoms with van der Waals surface area (Å²) in [4.78, 5) is 8.67. The number of alkyl halides is 6. The van der Waals surface area contributed by atoms with Gasteiger partial charge in [0, 0.05) is 111 Å². The number of nitrogens with zero attached hydrogens (tertiary/aromatic N) is 4. The molecular weight excluding hydrogens is 655 g/mol. The van der Waals surface area contributed by atoms with Crippen molar-refractivity contribution in [1.82, 2.24) is 0 Å². The Bertz CT molecular complexity index is 1690. The van der Waals surface area contributed by atoms with Gasteiger partial charge in [0.15, 0.2) is 0 Å². The Morgan fingerprint density at radius 1 is 0.511 bits per heavy atom. The van der Waals surface area contributed by atoms with E-state index in [9.17, 15) is 0 Å². The standard InChI is InChI=1S/C35H38F6N4S2/c1-31-23(17-27(46-31)21-15-19(42(3)4)11-13-25(21)44(7)8)29-30(34(38,39)35(40,41)33(29,36)37)24-18-28(47-32(24,31)2)22-16-20(43(5)6)12-14-26(22)45(9)10/h11-18H,1-10H3. The molecule has 2 aromatic rings. The summed E-state index contributed by atoms with van der Waals surface area (Å²) in [6.45, 7) is 3.45. The number of anilines is 4. The molecule has 0 radical (unpaired) electrons. The third-order valence-electron chi connectivity index (χ3n) is 9.81. The molecule has 4 nitrogen and oxygen atoms in total. The topological polar surface area (TPSA) is 13.0 Å². The van der Waals surface area contributed by atoms with E-state index >= 15 is 26.3 Å². The van der Waals surface area contributed by atoms with E-state index in [1.165, 1.54) is 35.7 Å². The van der Waals surface area contributed by atoms with Crippen molar-refractivity contribution in [3.63, 3.8) is 0 Å². The van der Waals surface area contributed by atoms with Crippen LogP contribution in [-0.2, 0) is 0 Å². The first kappa shape index (κ1) is 33.8. The summed E-state index contributed by atoms with van der Waals surface area (Å²) in [5.41, 5.74) is 1.77. The van der Waals surface area contributed by atoms with E-state index in [2.05, 4.69) is 0 Å². The predicted molar refractivity (Wildman–Crippen MR) is 187 cm³/mol. The van der Waals surface area contributed by atoms with Crippen LogP contribution in [0.2, 0.25) is 0 Å². The lowest BCUT2D eigenvalue weighted by atomic mass is 9.71. The van der Waals surface area contributed by atoms with E-state index in [0.29, 0.717) is 20.9 Å². The van der Waals surface area contributed by atoms with Crippen LogP contribution in [0.1, 0.15) is 25.0 Å². The second-order valence-electron chi connectivity index (χ2n) is 13.6. The van der Waals surface area contributed by atoms with Gasteiger partial charge in [-0.25, -0.2) is 0 Å². The Balaban J connectivity index is 1.66. The Kier molecular flexibility index (Phi) is 7.50. The first-order valence-corrected chi connectivity index (χ1v) is 16.7. The molecule has 4 aliphatic rings. The highest BCUT2D eigenvalue weighted by Gasteiger charge is 2.84. The predicted octanol–water partition coefficient (Wildman–Crippen LogP) is 8.87. The zero-order valence-electron chi connectivity index (χ0n) is 28.0. The fourth-order valence-electron chi connectivity index (χ4n) is 6.95. The van der Waals surface area contributed by atoms with Crippen LogP contribution in [0.5, 0.6) is 0 Å². The molecular formula is C35H38F6N4S2. The molecule has 2 heterocycles. The number of thioether (sulfide) groups is 2. The quantitative estimate of drug-likeness (QED) is 0.279. The van der Waals surface area contributed by atoms with Gasteiger partial charge in [0.1, 0.15) is 0 Å². The van der Waals surface area contributed by atoms with Crippen molar-refractivity contribution in [2.75, 3.05) is 76.0 Å². The molecule has 0 bridgehead atoms. The molecule has 0 N–H and O–H groups in total. The first-order valence-electron chi connectivity index (χ1n) is 15.1. The van der Waals surface area contributed by atoms with Crippen molar-refractivity contribution in [3.05, 3.63) is 82.0 Å². The third kappa shape index (κ3) is 4.38. The normalized spacial score (nSPS) is 26.5. The van der Waals surface area contributed by atoms with Gasteiger partial charge in [-0.1, -0.05) is 0 Å². The lowest BCUT2D eigenvalue weighted by Crippen LogP contribution is -2.48. The molecule has 12 heteroatoms. The van der Waals surface area contributed by atoms with Gasteiger partial charge in [0.05, 0.1) is 9.49 Å². The van der Waals surface area contributed by atoms with Gasteiger partial charge in [-0.2, -0.15) is 26.3 Å². The van der Waals surface area contributed by atoms with Crippen LogP contribution in [0.3, 0.4) is 0 Å². The van der Waals surface area contributed by atoms with Gasteiger partial charge >= 0.3 is 17.8 Å². The van der Waals surface area contributed by atoms with Crippen LogP contribution < -0.4 is 19.6 Å². The molecule has 1 fully saturated rings. The van der Waals surface area contributed by atoms with Gasteiger partial charge in [-0.05, 0) is 73.5 Å². The van der Waals surface area contributed by atoms with E-state index in [4.69, 9.17) is 0 Å². The number of hydrogen-bond donors (Lipinski definition) is 0. The van der Waals surface area contributed by atoms with Crippen LogP contribution in [0.15, 0.2) is 70.8 Å². The number of benzene rings is 2. The molecule has 1 saturated carbocycles. The Hall–Kier alpha value is -3.12. The van der Waals surface area contributed by atoms with Gasteiger partial charge in [0.2, 0.25) is 0 Å². The van der Waals surface area contributed by atoms with Crippen molar-refractivity contribution in [2.45, 2.75) is 41.1 Å². The molecule has 2 atom stereocenters. The summed E-state index contributed by atoms with van der Waals surface area (Å²) in [7, 11) is 14.9. The molecule has 0 saturated heterocycles. The van der Waals surface area contributed by atoms with Gasteiger partial charge in [0.25, 0.3) is 0 Å². The highest BCUT2D eigenvalue weighted by Crippen LogP contribution is 2.75. The zero-order valence-corrected chi connectivity index (χ0v) is 29.6. The van der Waals surface area contributed by atoms with E-state index in [0.717, 1.165) is 22.7 Å². The Morgan fingerprint density at radius 2 is 0.851 bits per heavy atom. The molecule has 252 valence electrons. The number of halogens is 6. The van der Waals surface area contributed by atoms with Gasteiger partial charge < -0.3 is 19.6 Å². The van der Waals surface area contributed by atoms with Crippen LogP contribution in [0, 0.1) is 0 Å². The molecule has 2 aromatic carbocycles. The van der Waals surface area contributed by atoms with E-state index in [1.54, 1.807) is 13.8 Å². The van der Waals surface area contributed by atoms with Crippen molar-refractivity contribution in [3.8, 4) is 0 Å². The van der Waals surface area contributed by atoms with Crippen molar-refractivity contribution in [1.29, 1.82) is 0 Å². The van der Waals surface area contributed by atoms with Crippen molar-refractivity contribution >= 4 is 56.1 Å². The molecule has 2 unspecified atom stereocenters. The van der Waals surface area contributed by atoms with Crippen LogP contribution >= 0.6 is 23.5 Å². The van der Waals surface area contributed by atoms with E-state index in [-0.39, 0.29) is 11.1 Å². The zero-order chi connectivity index (χ0) is 34.8. The molecule has 0 aromatic heterocycles. The molecule has 47 heavy (non-hydrogen) atoms. The van der Waals surface area contributed by atoms with E-state index in [1.807, 2.05) is 112 Å². The molecule has 0 amide bonds. The number of allylic oxidation sites excluding steroid dienone is 4. The number of hydrogen-bond acceptors (Lipinski definition) is 6. The van der Waals surface area contributed by atoms with Gasteiger partial charge in [-0.3, -0.25) is 0 Å². The summed E-state index contributed by atoms with van der Waals surface area (Å²) in [5, 5.41) is 0. The largest absolute Gasteiger partial charge is 0.380 e. The Labute approximate surface area is 280 Å². The second kappa shape index (κ2) is 10.4. The average molecular weight is 693 g/mol. The summed E-state index contributed by atoms with van der Waals surface area (Å²) < 4.78 is 92.0. The van der Waals surface area contributed by atoms with Crippen molar-refractivity contribution in [2.24, 2.45) is 0 Å². The van der Waals surface area contributed by atoms with Crippen LogP contribution in [0.25, 0.3) is 9.81 Å². The fraction of sp³-hybridized carbons (Fsp3) is 0.429. The lowest BCUT2D eigenvalue weighted by molar-refractivity contribution is -0.258. The molecule has 2 aliphatic heterocycles. The smallest absolute Gasteiger partial charge is 0.378 e. The fourth-order valence-corrected chi connectivity index (χ4v) is 10.1. The first-order chi connectivity index (χ1) is 21.6. The average Bonchev–Trinajstić information content (AvgIpc) is 3.56. The summed E-state index contributed by atoms with van der Waals surface area (Å²) in [6.07, 6.45) is 2.90. The maximum absolute atomic E-state index is 16.0. The van der Waals surface area contributed by atoms with Crippen LogP contribution in [0.4, 0.5) is 49.1 Å². The lowest BCUT2D eigenvalue weighted by Gasteiger charge is -2.47. The Morgan fingerprint density at radius 3 is 1.15 bits per heavy atom. The minimum atomic E-state index is -5.61. The summed E-state index contributed by atoms with van der Waals surface area (Å²) in [5.74, 6) is -15.8. The molecule has 6 rings (SSSR count). The summed E-state index contributed by atoms with van der Waals surface area (Å²) in [6, 6.07) is 11.5. The monoisotopic (exact) mass is 692 g/mol. The molecule has 2 aliphatic carbocycles. The third-order valence-corrected chi connectivity index (χ3v) is 13.1. The van der Waals surface area contributed by atoms with Crippen molar-refractivity contribution < 1.29 is 26.3 Å². The second-order valence-corrected chi connectivity index (χ2v) is 16.5. The minimum absolute atomic E-state index is 0.183. The minimum Gasteiger partial charge on any atom is -0.378 e. The maximum Gasteiger partial charge on any atom is 0.380 e. The van der Waals surface area contributed by atoms with Crippen LogP contribution in [-0.4, -0.2) is 83.6 Å². The SMILES string of the molecule is CN(C)c1ccc(N(C)C)c(C2=CC3=C4C(=C5C=C(c6cc(N(C)C)ccc6N(C)C)SC5(C)C3(C)S2)C(F)(F)C(F)(F)C4(F)F)c1. The van der Waals surface area contributed by atoms with Gasteiger partial charge in [-0.15, -0.1) is 23.5 Å². The summed E-state index contributed by atoms with van der Waals surface area (Å²) >= 11 is 2.54. The number of fused-ring (bicyclic) bond motifs is 4. The van der Waals surface area contributed by atoms with E-state index < -0.39 is 38.4 Å². The highest BCUT2D eigenvalue weighted by molar-refractivity contribution is 8.14. The molecule has 0 spiro atoms. The number of rotatable bonds is 6.